The zero-order valence-electron chi connectivity index (χ0n) is 10.4. The normalized spacial score (nSPS) is 10.5. The van der Waals surface area contributed by atoms with E-state index in [0.29, 0.717) is 0 Å². The number of nitrogens with one attached hydrogen (secondary N) is 1. The molecule has 0 saturated carbocycles. The van der Waals surface area contributed by atoms with Crippen molar-refractivity contribution < 1.29 is 0 Å². The van der Waals surface area contributed by atoms with Crippen molar-refractivity contribution in [3.63, 3.8) is 0 Å². The van der Waals surface area contributed by atoms with Crippen molar-refractivity contribution >= 4 is 22.2 Å². The summed E-state index contributed by atoms with van der Waals surface area (Å²) in [5, 5.41) is 6.33. The first-order chi connectivity index (χ1) is 8.28. The van der Waals surface area contributed by atoms with Crippen LogP contribution >= 0.6 is 11.3 Å². The Hall–Kier alpha value is -1.35. The second kappa shape index (κ2) is 5.82. The predicted octanol–water partition coefficient (Wildman–Crippen LogP) is 4.54. The molecule has 2 rings (SSSR count). The van der Waals surface area contributed by atoms with Gasteiger partial charge in [-0.1, -0.05) is 25.5 Å². The molecule has 17 heavy (non-hydrogen) atoms. The fourth-order valence-corrected chi connectivity index (χ4v) is 2.38. The average molecular weight is 246 g/mol. The Morgan fingerprint density at radius 2 is 2.00 bits per heavy atom. The second-order valence-electron chi connectivity index (χ2n) is 4.22. The summed E-state index contributed by atoms with van der Waals surface area (Å²) in [7, 11) is 0. The molecule has 0 saturated heterocycles. The number of benzene rings is 1. The largest absolute Gasteiger partial charge is 0.332 e. The van der Waals surface area contributed by atoms with Crippen LogP contribution < -0.4 is 5.32 Å². The lowest BCUT2D eigenvalue weighted by Gasteiger charge is -2.04. The van der Waals surface area contributed by atoms with Gasteiger partial charge in [0.15, 0.2) is 5.13 Å². The Bertz CT molecular complexity index is 459. The van der Waals surface area contributed by atoms with Crippen LogP contribution in [-0.2, 0) is 6.42 Å². The van der Waals surface area contributed by atoms with Gasteiger partial charge in [0.05, 0.1) is 5.69 Å². The van der Waals surface area contributed by atoms with E-state index in [9.17, 15) is 0 Å². The molecule has 0 unspecified atom stereocenters. The average Bonchev–Trinajstić information content (AvgIpc) is 2.74. The number of anilines is 2. The number of hydrogen-bond acceptors (Lipinski definition) is 3. The summed E-state index contributed by atoms with van der Waals surface area (Å²) in [6, 6.07) is 8.64. The van der Waals surface area contributed by atoms with Gasteiger partial charge in [0.1, 0.15) is 0 Å². The molecule has 0 fully saturated rings. The van der Waals surface area contributed by atoms with Crippen molar-refractivity contribution in [3.05, 3.63) is 40.9 Å². The van der Waals surface area contributed by atoms with Gasteiger partial charge < -0.3 is 5.32 Å². The smallest absolute Gasteiger partial charge is 0.187 e. The van der Waals surface area contributed by atoms with Gasteiger partial charge in [-0.15, -0.1) is 11.3 Å². The van der Waals surface area contributed by atoms with E-state index in [1.165, 1.54) is 24.8 Å². The van der Waals surface area contributed by atoms with Crippen LogP contribution in [0.1, 0.15) is 31.0 Å². The van der Waals surface area contributed by atoms with Crippen molar-refractivity contribution in [2.24, 2.45) is 0 Å². The molecule has 0 aliphatic heterocycles. The van der Waals surface area contributed by atoms with E-state index in [1.807, 2.05) is 6.92 Å². The number of hydrogen-bond donors (Lipinski definition) is 1. The minimum absolute atomic E-state index is 0.962. The minimum atomic E-state index is 0.962. The van der Waals surface area contributed by atoms with E-state index >= 15 is 0 Å². The summed E-state index contributed by atoms with van der Waals surface area (Å²) >= 11 is 1.64. The van der Waals surface area contributed by atoms with E-state index in [0.717, 1.165) is 16.5 Å². The van der Waals surface area contributed by atoms with Gasteiger partial charge in [-0.25, -0.2) is 4.98 Å². The molecule has 0 amide bonds. The SMILES string of the molecule is CCCCc1ccc(Nc2nc(C)cs2)cc1. The highest BCUT2D eigenvalue weighted by Crippen LogP contribution is 2.21. The molecule has 0 atom stereocenters. The molecular formula is C14H18N2S. The monoisotopic (exact) mass is 246 g/mol. The summed E-state index contributed by atoms with van der Waals surface area (Å²) in [5.41, 5.74) is 3.59. The molecule has 0 aliphatic rings. The van der Waals surface area contributed by atoms with Crippen LogP contribution in [0, 0.1) is 6.92 Å². The topological polar surface area (TPSA) is 24.9 Å². The maximum Gasteiger partial charge on any atom is 0.187 e. The van der Waals surface area contributed by atoms with Crippen LogP contribution in [0.2, 0.25) is 0 Å². The van der Waals surface area contributed by atoms with Gasteiger partial charge in [-0.3, -0.25) is 0 Å². The molecule has 0 aliphatic carbocycles. The minimum Gasteiger partial charge on any atom is -0.332 e. The number of unbranched alkanes of at least 4 members (excludes halogenated alkanes) is 1. The standard InChI is InChI=1S/C14H18N2S/c1-3-4-5-12-6-8-13(9-7-12)16-14-15-11(2)10-17-14/h6-10H,3-5H2,1-2H3,(H,15,16). The summed E-state index contributed by atoms with van der Waals surface area (Å²) in [5.74, 6) is 0. The van der Waals surface area contributed by atoms with Crippen molar-refractivity contribution in [3.8, 4) is 0 Å². The highest BCUT2D eigenvalue weighted by Gasteiger charge is 1.99. The fraction of sp³-hybridized carbons (Fsp3) is 0.357. The van der Waals surface area contributed by atoms with Gasteiger partial charge in [0, 0.05) is 11.1 Å². The van der Waals surface area contributed by atoms with Crippen LogP contribution in [0.25, 0.3) is 0 Å². The van der Waals surface area contributed by atoms with Crippen LogP contribution in [-0.4, -0.2) is 4.98 Å². The summed E-state index contributed by atoms with van der Waals surface area (Å²) < 4.78 is 0. The molecule has 1 aromatic heterocycles. The molecule has 2 nitrogen and oxygen atoms in total. The molecule has 1 aromatic carbocycles. The zero-order valence-corrected chi connectivity index (χ0v) is 11.2. The Morgan fingerprint density at radius 1 is 1.24 bits per heavy atom. The summed E-state index contributed by atoms with van der Waals surface area (Å²) in [6.07, 6.45) is 3.68. The lowest BCUT2D eigenvalue weighted by Crippen LogP contribution is -1.90. The van der Waals surface area contributed by atoms with Crippen LogP contribution in [0.3, 0.4) is 0 Å². The number of thiazole rings is 1. The van der Waals surface area contributed by atoms with Crippen molar-refractivity contribution in [2.45, 2.75) is 33.1 Å². The fourth-order valence-electron chi connectivity index (χ4n) is 1.67. The first kappa shape index (κ1) is 12.1. The molecule has 0 bridgehead atoms. The predicted molar refractivity (Wildman–Crippen MR) is 75.2 cm³/mol. The number of nitrogens with zero attached hydrogens (tertiary/aromatic N) is 1. The van der Waals surface area contributed by atoms with Crippen molar-refractivity contribution in [2.75, 3.05) is 5.32 Å². The van der Waals surface area contributed by atoms with Gasteiger partial charge in [0.25, 0.3) is 0 Å². The highest BCUT2D eigenvalue weighted by atomic mass is 32.1. The van der Waals surface area contributed by atoms with Crippen LogP contribution in [0.5, 0.6) is 0 Å². The number of aromatic nitrogens is 1. The van der Waals surface area contributed by atoms with E-state index in [-0.39, 0.29) is 0 Å². The Kier molecular flexibility index (Phi) is 4.15. The maximum atomic E-state index is 4.39. The molecule has 90 valence electrons. The lowest BCUT2D eigenvalue weighted by atomic mass is 10.1. The van der Waals surface area contributed by atoms with Gasteiger partial charge >= 0.3 is 0 Å². The third-order valence-corrected chi connectivity index (χ3v) is 3.52. The highest BCUT2D eigenvalue weighted by molar-refractivity contribution is 7.13. The van der Waals surface area contributed by atoms with Gasteiger partial charge in [-0.05, 0) is 37.5 Å². The third kappa shape index (κ3) is 3.56. The lowest BCUT2D eigenvalue weighted by molar-refractivity contribution is 0.795. The molecule has 2 aromatic rings. The van der Waals surface area contributed by atoms with Crippen LogP contribution in [0.15, 0.2) is 29.6 Å². The number of rotatable bonds is 5. The Labute approximate surface area is 107 Å². The Morgan fingerprint density at radius 3 is 2.59 bits per heavy atom. The zero-order chi connectivity index (χ0) is 12.1. The van der Waals surface area contributed by atoms with E-state index in [2.05, 4.69) is 46.9 Å². The molecule has 1 N–H and O–H groups in total. The first-order valence-corrected chi connectivity index (χ1v) is 6.94. The van der Waals surface area contributed by atoms with E-state index in [1.54, 1.807) is 11.3 Å². The van der Waals surface area contributed by atoms with E-state index in [4.69, 9.17) is 0 Å². The first-order valence-electron chi connectivity index (χ1n) is 6.06. The van der Waals surface area contributed by atoms with Gasteiger partial charge in [0.2, 0.25) is 0 Å². The number of aryl methyl sites for hydroxylation is 2. The van der Waals surface area contributed by atoms with Crippen molar-refractivity contribution in [1.29, 1.82) is 0 Å². The second-order valence-corrected chi connectivity index (χ2v) is 5.08. The molecule has 3 heteroatoms. The molecule has 0 radical (unpaired) electrons. The molecule has 0 spiro atoms. The summed E-state index contributed by atoms with van der Waals surface area (Å²) in [4.78, 5) is 4.39. The van der Waals surface area contributed by atoms with Crippen LogP contribution in [0.4, 0.5) is 10.8 Å². The Balaban J connectivity index is 1.98. The van der Waals surface area contributed by atoms with Crippen molar-refractivity contribution in [1.82, 2.24) is 4.98 Å². The summed E-state index contributed by atoms with van der Waals surface area (Å²) in [6.45, 7) is 4.23. The third-order valence-electron chi connectivity index (χ3n) is 2.64. The maximum absolute atomic E-state index is 4.39. The van der Waals surface area contributed by atoms with Gasteiger partial charge in [-0.2, -0.15) is 0 Å². The van der Waals surface area contributed by atoms with E-state index < -0.39 is 0 Å². The molecular weight excluding hydrogens is 228 g/mol. The molecule has 1 heterocycles. The quantitative estimate of drug-likeness (QED) is 0.838.